The number of halogens is 4. The first kappa shape index (κ1) is 28.6. The van der Waals surface area contributed by atoms with Gasteiger partial charge in [-0.15, -0.1) is 0 Å². The molecule has 5 heterocycles. The number of anilines is 3. The lowest BCUT2D eigenvalue weighted by molar-refractivity contribution is -0.236. The fourth-order valence-corrected chi connectivity index (χ4v) is 6.13. The van der Waals surface area contributed by atoms with Crippen LogP contribution in [0.3, 0.4) is 0 Å². The van der Waals surface area contributed by atoms with Gasteiger partial charge in [-0.05, 0) is 18.9 Å². The Balaban J connectivity index is 1.27. The van der Waals surface area contributed by atoms with E-state index in [1.54, 1.807) is 41.2 Å². The van der Waals surface area contributed by atoms with Crippen molar-refractivity contribution in [2.75, 3.05) is 23.3 Å². The van der Waals surface area contributed by atoms with Crippen molar-refractivity contribution >= 4 is 27.3 Å². The van der Waals surface area contributed by atoms with E-state index in [0.717, 1.165) is 4.09 Å². The zero-order chi connectivity index (χ0) is 30.4. The quantitative estimate of drug-likeness (QED) is 0.255. The van der Waals surface area contributed by atoms with Crippen molar-refractivity contribution in [3.63, 3.8) is 0 Å². The summed E-state index contributed by atoms with van der Waals surface area (Å²) >= 11 is 0. The van der Waals surface area contributed by atoms with E-state index in [9.17, 15) is 26.0 Å². The van der Waals surface area contributed by atoms with Crippen molar-refractivity contribution in [3.05, 3.63) is 60.4 Å². The molecule has 1 saturated heterocycles. The summed E-state index contributed by atoms with van der Waals surface area (Å²) in [6.07, 6.45) is 3.82. The summed E-state index contributed by atoms with van der Waals surface area (Å²) in [4.78, 5) is 14.7. The van der Waals surface area contributed by atoms with E-state index < -0.39 is 40.0 Å². The fourth-order valence-electron chi connectivity index (χ4n) is 4.66. The average Bonchev–Trinajstić information content (AvgIpc) is 3.57. The molecule has 224 valence electrons. The molecule has 11 nitrogen and oxygen atoms in total. The van der Waals surface area contributed by atoms with Gasteiger partial charge in [-0.25, -0.2) is 27.8 Å². The third-order valence-corrected chi connectivity index (χ3v) is 9.30. The van der Waals surface area contributed by atoms with Crippen LogP contribution in [0.1, 0.15) is 36.8 Å². The van der Waals surface area contributed by atoms with Crippen LogP contribution in [0.4, 0.5) is 34.9 Å². The van der Waals surface area contributed by atoms with Crippen LogP contribution in [-0.2, 0) is 17.1 Å². The number of piperidine rings is 1. The van der Waals surface area contributed by atoms with Gasteiger partial charge in [0.25, 0.3) is 10.0 Å². The van der Waals surface area contributed by atoms with Crippen molar-refractivity contribution in [1.29, 1.82) is 0 Å². The molecule has 1 aliphatic heterocycles. The number of pyridine rings is 1. The maximum Gasteiger partial charge on any atom is 0.422 e. The van der Waals surface area contributed by atoms with Crippen LogP contribution >= 0.6 is 0 Å². The molecule has 1 saturated carbocycles. The van der Waals surface area contributed by atoms with Gasteiger partial charge in [0, 0.05) is 57.6 Å². The van der Waals surface area contributed by atoms with Gasteiger partial charge in [0.15, 0.2) is 5.82 Å². The Kier molecular flexibility index (Phi) is 7.07. The maximum atomic E-state index is 14.6. The number of alkyl halides is 4. The molecule has 4 aromatic heterocycles. The second-order valence-electron chi connectivity index (χ2n) is 10.4. The highest BCUT2D eigenvalue weighted by molar-refractivity contribution is 7.90. The molecule has 0 amide bonds. The van der Waals surface area contributed by atoms with Gasteiger partial charge in [-0.3, -0.25) is 4.68 Å². The lowest BCUT2D eigenvalue weighted by Crippen LogP contribution is -2.50. The summed E-state index contributed by atoms with van der Waals surface area (Å²) in [6.45, 7) is -0.348. The molecule has 0 aromatic carbocycles. The zero-order valence-electron chi connectivity index (χ0n) is 22.8. The zero-order valence-corrected chi connectivity index (χ0v) is 23.6. The third-order valence-electron chi connectivity index (χ3n) is 7.27. The molecule has 4 aromatic rings. The molecule has 1 N–H and O–H groups in total. The van der Waals surface area contributed by atoms with Gasteiger partial charge in [-0.1, -0.05) is 11.8 Å². The van der Waals surface area contributed by atoms with E-state index in [1.807, 2.05) is 0 Å². The average molecular weight is 616 g/mol. The fraction of sp³-hybridized carbons (Fsp3) is 0.370. The molecule has 2 aliphatic rings. The molecule has 0 unspecified atom stereocenters. The molecule has 16 heteroatoms. The normalized spacial score (nSPS) is 16.9. The number of nitrogens with zero attached hydrogens (tertiary/aromatic N) is 8. The Morgan fingerprint density at radius 1 is 1.02 bits per heavy atom. The Labute approximate surface area is 244 Å². The second kappa shape index (κ2) is 10.6. The maximum absolute atomic E-state index is 14.6. The molecule has 2 fully saturated rings. The number of rotatable bonds is 6. The highest BCUT2D eigenvalue weighted by atomic mass is 32.2. The summed E-state index contributed by atoms with van der Waals surface area (Å²) in [7, 11) is -1.80. The number of nitrogens with one attached hydrogen (secondary N) is 1. The molecule has 0 atom stereocenters. The topological polar surface area (TPSA) is 124 Å². The minimum absolute atomic E-state index is 0.174. The lowest BCUT2D eigenvalue weighted by atomic mass is 9.92. The van der Waals surface area contributed by atoms with Gasteiger partial charge in [0.2, 0.25) is 5.67 Å². The summed E-state index contributed by atoms with van der Waals surface area (Å²) < 4.78 is 82.1. The van der Waals surface area contributed by atoms with Crippen LogP contribution in [0.15, 0.2) is 49.3 Å². The minimum Gasteiger partial charge on any atom is -0.370 e. The minimum atomic E-state index is -4.95. The van der Waals surface area contributed by atoms with Crippen molar-refractivity contribution in [1.82, 2.24) is 33.9 Å². The van der Waals surface area contributed by atoms with Crippen LogP contribution in [0.25, 0.3) is 11.4 Å². The smallest absolute Gasteiger partial charge is 0.370 e. The SMILES string of the molecule is Cn1cc(C#Cc2cnc(Nc3ccnc(-c4cnn(S(=O)(=O)C5CC5)c4)n3)cc2N2CCC(F)(C(F)(F)F)CC2)cn1. The standard InChI is InChI=1S/C27H25F4N9O2S/c1-38-16-18(13-34-38)2-3-19-14-33-24(12-22(19)39-10-7-26(28,8-11-39)27(29,30)31)36-23-6-9-32-25(37-23)20-15-35-40(17-20)43(41,42)21-4-5-21/h6,9,12-17,21H,4-5,7-8,10-11H2,1H3,(H,32,33,36,37). The van der Waals surface area contributed by atoms with Gasteiger partial charge >= 0.3 is 6.18 Å². The molecule has 0 bridgehead atoms. The van der Waals surface area contributed by atoms with E-state index in [0.29, 0.717) is 46.9 Å². The Bertz CT molecular complexity index is 1830. The summed E-state index contributed by atoms with van der Waals surface area (Å²) in [5.41, 5.74) is -1.28. The number of hydrogen-bond acceptors (Lipinski definition) is 9. The van der Waals surface area contributed by atoms with Crippen LogP contribution in [0.5, 0.6) is 0 Å². The van der Waals surface area contributed by atoms with Gasteiger partial charge < -0.3 is 10.2 Å². The van der Waals surface area contributed by atoms with Crippen LogP contribution < -0.4 is 10.2 Å². The number of aryl methyl sites for hydroxylation is 1. The first-order valence-electron chi connectivity index (χ1n) is 13.3. The number of aromatic nitrogens is 7. The van der Waals surface area contributed by atoms with Crippen molar-refractivity contribution in [2.45, 2.75) is 42.8 Å². The third kappa shape index (κ3) is 5.89. The summed E-state index contributed by atoms with van der Waals surface area (Å²) in [6, 6.07) is 3.20. The van der Waals surface area contributed by atoms with Crippen LogP contribution in [0.2, 0.25) is 0 Å². The van der Waals surface area contributed by atoms with E-state index in [4.69, 9.17) is 0 Å². The first-order valence-corrected chi connectivity index (χ1v) is 14.8. The molecule has 0 spiro atoms. The van der Waals surface area contributed by atoms with E-state index >= 15 is 0 Å². The van der Waals surface area contributed by atoms with Crippen LogP contribution in [0, 0.1) is 11.8 Å². The summed E-state index contributed by atoms with van der Waals surface area (Å²) in [5, 5.41) is 10.7. The Morgan fingerprint density at radius 3 is 2.47 bits per heavy atom. The largest absolute Gasteiger partial charge is 0.422 e. The lowest BCUT2D eigenvalue weighted by Gasteiger charge is -2.38. The molecular weight excluding hydrogens is 590 g/mol. The van der Waals surface area contributed by atoms with Gasteiger partial charge in [0.1, 0.15) is 11.6 Å². The van der Waals surface area contributed by atoms with Crippen LogP contribution in [-0.4, -0.2) is 72.5 Å². The van der Waals surface area contributed by atoms with E-state index in [2.05, 4.69) is 42.3 Å². The van der Waals surface area contributed by atoms with Crippen molar-refractivity contribution in [2.24, 2.45) is 7.05 Å². The predicted molar refractivity (Wildman–Crippen MR) is 149 cm³/mol. The van der Waals surface area contributed by atoms with Crippen molar-refractivity contribution in [3.8, 4) is 23.2 Å². The number of hydrogen-bond donors (Lipinski definition) is 1. The first-order chi connectivity index (χ1) is 20.4. The highest BCUT2D eigenvalue weighted by Gasteiger charge is 2.56. The summed E-state index contributed by atoms with van der Waals surface area (Å²) in [5.74, 6) is 6.84. The molecule has 0 radical (unpaired) electrons. The van der Waals surface area contributed by atoms with E-state index in [-0.39, 0.29) is 18.9 Å². The monoisotopic (exact) mass is 615 g/mol. The molecular formula is C27H25F4N9O2S. The molecule has 1 aliphatic carbocycles. The highest BCUT2D eigenvalue weighted by Crippen LogP contribution is 2.43. The molecule has 6 rings (SSSR count). The Hall–Kier alpha value is -4.52. The van der Waals surface area contributed by atoms with Gasteiger partial charge in [0.05, 0.1) is 46.2 Å². The van der Waals surface area contributed by atoms with E-state index in [1.165, 1.54) is 24.8 Å². The van der Waals surface area contributed by atoms with Gasteiger partial charge in [-0.2, -0.15) is 27.5 Å². The predicted octanol–water partition coefficient (Wildman–Crippen LogP) is 3.82. The Morgan fingerprint density at radius 2 is 1.79 bits per heavy atom. The second-order valence-corrected chi connectivity index (χ2v) is 12.5. The van der Waals surface area contributed by atoms with Crippen molar-refractivity contribution < 1.29 is 26.0 Å². The molecule has 43 heavy (non-hydrogen) atoms.